The number of aliphatic hydroxyl groups excluding tert-OH is 2. The van der Waals surface area contributed by atoms with Gasteiger partial charge in [0.05, 0.1) is 5.69 Å². The van der Waals surface area contributed by atoms with E-state index in [0.717, 1.165) is 4.68 Å². The fraction of sp³-hybridized carbons (Fsp3) is 0.294. The monoisotopic (exact) mass is 381 g/mol. The molecule has 2 unspecified atom stereocenters. The third-order valence-corrected chi connectivity index (χ3v) is 3.76. The van der Waals surface area contributed by atoms with Crippen LogP contribution in [0.4, 0.5) is 13.2 Å². The van der Waals surface area contributed by atoms with Gasteiger partial charge in [0, 0.05) is 5.56 Å². The van der Waals surface area contributed by atoms with E-state index in [1.54, 1.807) is 0 Å². The first-order chi connectivity index (χ1) is 12.6. The number of nitrogens with zero attached hydrogens (tertiary/aromatic N) is 2. The molecule has 1 aromatic carbocycles. The van der Waals surface area contributed by atoms with Gasteiger partial charge in [-0.05, 0) is 25.1 Å². The summed E-state index contributed by atoms with van der Waals surface area (Å²) in [4.78, 5) is 11.5. The normalized spacial score (nSPS) is 16.9. The number of carbonyl (C=O) groups excluding carboxylic acids is 1. The molecule has 2 aromatic rings. The zero-order valence-electron chi connectivity index (χ0n) is 13.9. The average molecular weight is 381 g/mol. The zero-order valence-corrected chi connectivity index (χ0v) is 13.9. The fourth-order valence-corrected chi connectivity index (χ4v) is 2.69. The van der Waals surface area contributed by atoms with Crippen LogP contribution in [-0.2, 0) is 6.18 Å². The van der Waals surface area contributed by atoms with E-state index in [1.807, 2.05) is 0 Å². The third-order valence-electron chi connectivity index (χ3n) is 3.76. The Kier molecular flexibility index (Phi) is 4.59. The van der Waals surface area contributed by atoms with Crippen LogP contribution >= 0.6 is 0 Å². The maximum Gasteiger partial charge on any atom is 0.420 e. The van der Waals surface area contributed by atoms with E-state index in [9.17, 15) is 28.2 Å². The number of halogens is 3. The highest BCUT2D eigenvalue weighted by molar-refractivity contribution is 5.93. The maximum absolute atomic E-state index is 13.5. The Hall–Kier alpha value is -3.03. The Morgan fingerprint density at radius 1 is 1.48 bits per heavy atom. The number of aliphatic hydroxyl groups is 2. The highest BCUT2D eigenvalue weighted by Crippen LogP contribution is 2.41. The molecule has 1 aliphatic heterocycles. The van der Waals surface area contributed by atoms with Crippen LogP contribution in [-0.4, -0.2) is 38.6 Å². The molecule has 142 valence electrons. The molecular weight excluding hydrogens is 367 g/mol. The van der Waals surface area contributed by atoms with Crippen LogP contribution < -0.4 is 10.5 Å². The number of hydrogen-bond acceptors (Lipinski definition) is 5. The molecule has 1 aromatic heterocycles. The SMILES string of the molecule is CC(O)C#Cc1ccc2c(c1)-n1nc(C(N)=O)c(C(F)(F)F)c1C(O)CO2. The van der Waals surface area contributed by atoms with Crippen molar-refractivity contribution in [1.29, 1.82) is 0 Å². The van der Waals surface area contributed by atoms with Gasteiger partial charge < -0.3 is 20.7 Å². The van der Waals surface area contributed by atoms with Crippen molar-refractivity contribution in [2.45, 2.75) is 25.3 Å². The van der Waals surface area contributed by atoms with E-state index in [-0.39, 0.29) is 11.4 Å². The lowest BCUT2D eigenvalue weighted by Crippen LogP contribution is -2.21. The molecule has 3 rings (SSSR count). The molecule has 0 saturated heterocycles. The third kappa shape index (κ3) is 3.47. The Bertz CT molecular complexity index is 970. The summed E-state index contributed by atoms with van der Waals surface area (Å²) in [6.07, 6.45) is -7.56. The highest BCUT2D eigenvalue weighted by Gasteiger charge is 2.44. The first-order valence-electron chi connectivity index (χ1n) is 7.74. The summed E-state index contributed by atoms with van der Waals surface area (Å²) < 4.78 is 46.8. The van der Waals surface area contributed by atoms with Crippen molar-refractivity contribution >= 4 is 5.91 Å². The molecular formula is C17H14F3N3O4. The molecule has 0 fully saturated rings. The summed E-state index contributed by atoms with van der Waals surface area (Å²) in [6, 6.07) is 4.36. The molecule has 4 N–H and O–H groups in total. The van der Waals surface area contributed by atoms with Crippen molar-refractivity contribution in [3.05, 3.63) is 40.7 Å². The van der Waals surface area contributed by atoms with E-state index in [1.165, 1.54) is 25.1 Å². The molecule has 0 radical (unpaired) electrons. The zero-order chi connectivity index (χ0) is 19.9. The van der Waals surface area contributed by atoms with Crippen molar-refractivity contribution in [3.8, 4) is 23.3 Å². The molecule has 2 atom stereocenters. The number of rotatable bonds is 1. The number of aromatic nitrogens is 2. The van der Waals surface area contributed by atoms with Gasteiger partial charge in [0.25, 0.3) is 5.91 Å². The largest absolute Gasteiger partial charge is 0.488 e. The number of hydrogen-bond donors (Lipinski definition) is 3. The number of fused-ring (bicyclic) bond motifs is 3. The second-order valence-corrected chi connectivity index (χ2v) is 5.84. The molecule has 1 aliphatic rings. The molecule has 0 saturated carbocycles. The molecule has 0 spiro atoms. The molecule has 0 aliphatic carbocycles. The van der Waals surface area contributed by atoms with E-state index in [0.29, 0.717) is 5.56 Å². The minimum Gasteiger partial charge on any atom is -0.488 e. The van der Waals surface area contributed by atoms with E-state index >= 15 is 0 Å². The Morgan fingerprint density at radius 2 is 2.19 bits per heavy atom. The quantitative estimate of drug-likeness (QED) is 0.642. The maximum atomic E-state index is 13.5. The van der Waals surface area contributed by atoms with Crippen LogP contribution in [0.2, 0.25) is 0 Å². The first kappa shape index (κ1) is 18.8. The van der Waals surface area contributed by atoms with Gasteiger partial charge >= 0.3 is 6.18 Å². The van der Waals surface area contributed by atoms with E-state index < -0.39 is 47.8 Å². The van der Waals surface area contributed by atoms with Crippen LogP contribution in [0.25, 0.3) is 5.69 Å². The number of nitrogens with two attached hydrogens (primary N) is 1. The highest BCUT2D eigenvalue weighted by atomic mass is 19.4. The van der Waals surface area contributed by atoms with Crippen molar-refractivity contribution in [3.63, 3.8) is 0 Å². The Morgan fingerprint density at radius 3 is 2.78 bits per heavy atom. The Labute approximate surface area is 151 Å². The molecule has 10 heteroatoms. The van der Waals surface area contributed by atoms with Crippen molar-refractivity contribution in [2.24, 2.45) is 5.73 Å². The summed E-state index contributed by atoms with van der Waals surface area (Å²) >= 11 is 0. The standard InChI is InChI=1S/C17H14F3N3O4/c1-8(24)2-3-9-4-5-12-10(6-9)23-15(11(25)7-27-12)13(17(18,19)20)14(22-23)16(21)26/h4-6,8,11,24-25H,7H2,1H3,(H2,21,26). The van der Waals surface area contributed by atoms with Crippen LogP contribution in [0.3, 0.4) is 0 Å². The van der Waals surface area contributed by atoms with Crippen molar-refractivity contribution < 1.29 is 32.9 Å². The minimum absolute atomic E-state index is 0.0527. The number of ether oxygens (including phenoxy) is 1. The van der Waals surface area contributed by atoms with Gasteiger partial charge in [-0.25, -0.2) is 4.68 Å². The van der Waals surface area contributed by atoms with Gasteiger partial charge in [0.2, 0.25) is 0 Å². The summed E-state index contributed by atoms with van der Waals surface area (Å²) in [5.41, 5.74) is 2.44. The summed E-state index contributed by atoms with van der Waals surface area (Å²) in [7, 11) is 0. The fourth-order valence-electron chi connectivity index (χ4n) is 2.69. The number of carbonyl (C=O) groups is 1. The number of benzene rings is 1. The van der Waals surface area contributed by atoms with Crippen molar-refractivity contribution in [1.82, 2.24) is 9.78 Å². The van der Waals surface area contributed by atoms with Crippen LogP contribution in [0.15, 0.2) is 18.2 Å². The van der Waals surface area contributed by atoms with Gasteiger partial charge in [-0.15, -0.1) is 0 Å². The first-order valence-corrected chi connectivity index (χ1v) is 7.74. The van der Waals surface area contributed by atoms with Crippen LogP contribution in [0.1, 0.15) is 40.3 Å². The number of primary amides is 1. The van der Waals surface area contributed by atoms with Crippen LogP contribution in [0, 0.1) is 11.8 Å². The predicted octanol–water partition coefficient (Wildman–Crippen LogP) is 1.15. The molecule has 1 amide bonds. The summed E-state index contributed by atoms with van der Waals surface area (Å²) in [6.45, 7) is 0.981. The lowest BCUT2D eigenvalue weighted by molar-refractivity contribution is -0.139. The molecule has 7 nitrogen and oxygen atoms in total. The average Bonchev–Trinajstić information content (AvgIpc) is 2.94. The smallest absolute Gasteiger partial charge is 0.420 e. The molecule has 0 bridgehead atoms. The molecule has 27 heavy (non-hydrogen) atoms. The van der Waals surface area contributed by atoms with E-state index in [2.05, 4.69) is 16.9 Å². The Balaban J connectivity index is 2.30. The second kappa shape index (κ2) is 6.61. The van der Waals surface area contributed by atoms with E-state index in [4.69, 9.17) is 10.5 Å². The van der Waals surface area contributed by atoms with Crippen LogP contribution in [0.5, 0.6) is 5.75 Å². The lowest BCUT2D eigenvalue weighted by Gasteiger charge is -2.13. The topological polar surface area (TPSA) is 111 Å². The van der Waals surface area contributed by atoms with Gasteiger partial charge in [-0.1, -0.05) is 11.8 Å². The lowest BCUT2D eigenvalue weighted by atomic mass is 10.1. The number of alkyl halides is 3. The summed E-state index contributed by atoms with van der Waals surface area (Å²) in [5.74, 6) is 3.93. The van der Waals surface area contributed by atoms with Crippen molar-refractivity contribution in [2.75, 3.05) is 6.61 Å². The second-order valence-electron chi connectivity index (χ2n) is 5.84. The summed E-state index contributed by atoms with van der Waals surface area (Å²) in [5, 5.41) is 23.1. The number of amides is 1. The molecule has 2 heterocycles. The van der Waals surface area contributed by atoms with Gasteiger partial charge in [0.15, 0.2) is 5.69 Å². The van der Waals surface area contributed by atoms with Gasteiger partial charge in [-0.2, -0.15) is 18.3 Å². The van der Waals surface area contributed by atoms with Gasteiger partial charge in [0.1, 0.15) is 35.8 Å². The van der Waals surface area contributed by atoms with Gasteiger partial charge in [-0.3, -0.25) is 4.79 Å². The predicted molar refractivity (Wildman–Crippen MR) is 86.1 cm³/mol. The minimum atomic E-state index is -4.97.